The number of cyclic esters (lactones) is 1. The largest absolute Gasteiger partial charge is 0.503 e. The third-order valence-corrected chi connectivity index (χ3v) is 11.9. The maximum atomic E-state index is 10.9. The number of H-pyrrole nitrogens is 5. The van der Waals surface area contributed by atoms with E-state index in [1.165, 1.54) is 37.3 Å². The van der Waals surface area contributed by atoms with Gasteiger partial charge in [0.1, 0.15) is 36.9 Å². The third-order valence-electron chi connectivity index (χ3n) is 10.4. The number of carbonyl (C=O) groups is 7. The molecule has 8 amide bonds. The number of amides is 8. The van der Waals surface area contributed by atoms with Crippen molar-refractivity contribution in [2.45, 2.75) is 187 Å². The van der Waals surface area contributed by atoms with Crippen molar-refractivity contribution < 1.29 is 65.9 Å². The number of aliphatic imine (C=N–C) groups is 1. The Balaban J connectivity index is 0. The van der Waals surface area contributed by atoms with E-state index in [4.69, 9.17) is 14.0 Å². The first-order chi connectivity index (χ1) is 44.1. The Morgan fingerprint density at radius 2 is 1.27 bits per heavy atom. The van der Waals surface area contributed by atoms with Crippen molar-refractivity contribution in [1.29, 1.82) is 0 Å². The fraction of sp³-hybridized carbons (Fsp3) is 0.593. The molecule has 4 aliphatic heterocycles. The molecule has 0 spiro atoms. The Kier molecular flexibility index (Phi) is 43.1. The number of nitrogens with one attached hydrogen (secondary N) is 9. The number of aromatic amines is 5. The zero-order valence-electron chi connectivity index (χ0n) is 57.9. The molecule has 10 rings (SSSR count). The van der Waals surface area contributed by atoms with Gasteiger partial charge in [0.2, 0.25) is 18.2 Å². The second-order valence-corrected chi connectivity index (χ2v) is 25.3. The standard InChI is InChI=1S/C7H9NO3.C6H10N2O2.C6H9NO2S.C6H9NO2.C5H9N3.C5H8N2O3.C5H8N2OS.C5H8N2O.2C4H10.2C3H3NO2/c1-3(2)4-5(9)7(11)8-6(4)10;1-3(2)4-5(9)8-6(10)7-4;1-3(2)4-5(8)7-6(9)10-4;1-4(2)5-3-9-6(8)7-5;1-4(2)5-6-3-7-8-5;1-3(2)7-4(8)6-5(9)10-7;1-3(2)4-6-5(9)8-7-4;1-4(2)5-7-6-3-8-5;2*1-4(2)3;5-3-1-2-6-4-3;5-3-1-2-4-6-3/h3H,1-2H3,(H2,8,9,10,11);3-4H,1-2H3,(H2,7,8,9,10);3-4H,1-2H3,(H,7,8,9);4H,3H2,1-2H3;3-4H,1-2H3,(H,6,7,8);3H,1-2H3,(H,6,8,9);3H,1-2H3,(H,6,7,9);3-4H,1-2H3;2*4H,1-3H3;1-2H,(H,4,5);1-2,4H. The fourth-order valence-corrected chi connectivity index (χ4v) is 6.79. The summed E-state index contributed by atoms with van der Waals surface area (Å²) in [5.41, 5.74) is -0.0139. The van der Waals surface area contributed by atoms with Crippen LogP contribution in [0.1, 0.15) is 194 Å². The summed E-state index contributed by atoms with van der Waals surface area (Å²) in [7, 11) is 0. The lowest BCUT2D eigenvalue weighted by molar-refractivity contribution is -0.125. The second-order valence-electron chi connectivity index (χ2n) is 23.8. The number of hydrogen-bond acceptors (Lipinski definition) is 25. The summed E-state index contributed by atoms with van der Waals surface area (Å²) in [6.07, 6.45) is 5.15. The van der Waals surface area contributed by atoms with E-state index in [1.807, 2.05) is 79.5 Å². The molecular weight excluding hydrogens is 1280 g/mol. The molecule has 36 heteroatoms. The normalized spacial score (nSPS) is 14.9. The number of thioether (sulfide) groups is 1. The van der Waals surface area contributed by atoms with Gasteiger partial charge in [0.25, 0.3) is 28.5 Å². The molecule has 0 bridgehead atoms. The summed E-state index contributed by atoms with van der Waals surface area (Å²) in [5.74, 6) is 3.17. The highest BCUT2D eigenvalue weighted by Gasteiger charge is 2.34. The maximum absolute atomic E-state index is 10.9. The van der Waals surface area contributed by atoms with Gasteiger partial charge < -0.3 is 37.7 Å². The number of carbonyl (C=O) groups excluding carboxylic acids is 7. The predicted octanol–water partition coefficient (Wildman–Crippen LogP) is 9.14. The lowest BCUT2D eigenvalue weighted by Gasteiger charge is -2.09. The van der Waals surface area contributed by atoms with Crippen LogP contribution in [0.4, 0.5) is 14.4 Å². The average Bonchev–Trinajstić information content (AvgIpc) is 1.72. The Hall–Kier alpha value is -9.35. The first-order valence-corrected chi connectivity index (χ1v) is 31.3. The Bertz CT molecular complexity index is 3370. The Labute approximate surface area is 558 Å². The number of ether oxygens (including phenoxy) is 1. The minimum absolute atomic E-state index is 0.119. The molecule has 0 saturated carbocycles. The summed E-state index contributed by atoms with van der Waals surface area (Å²) in [4.78, 5) is 129. The van der Waals surface area contributed by atoms with Crippen LogP contribution < -0.4 is 43.9 Å². The van der Waals surface area contributed by atoms with E-state index in [9.17, 15) is 52.7 Å². The van der Waals surface area contributed by atoms with Crippen LogP contribution in [0.15, 0.2) is 95.3 Å². The molecule has 2 fully saturated rings. The van der Waals surface area contributed by atoms with Crippen molar-refractivity contribution in [3.63, 3.8) is 0 Å². The molecule has 10 heterocycles. The maximum Gasteiger partial charge on any atom is 0.440 e. The van der Waals surface area contributed by atoms with Gasteiger partial charge in [-0.05, 0) is 61.6 Å². The van der Waals surface area contributed by atoms with Gasteiger partial charge in [0, 0.05) is 36.1 Å². The van der Waals surface area contributed by atoms with E-state index >= 15 is 0 Å². The molecule has 0 aliphatic carbocycles. The topological polar surface area (TPSA) is 492 Å². The molecular formula is C59H96N16O18S2. The van der Waals surface area contributed by atoms with Gasteiger partial charge in [-0.2, -0.15) is 20.2 Å². The minimum Gasteiger partial charge on any atom is -0.503 e. The van der Waals surface area contributed by atoms with E-state index in [2.05, 4.69) is 153 Å². The molecule has 2 atom stereocenters. The summed E-state index contributed by atoms with van der Waals surface area (Å²) >= 11 is 5.73. The first kappa shape index (κ1) is 87.7. The monoisotopic (exact) mass is 1380 g/mol. The lowest BCUT2D eigenvalue weighted by Crippen LogP contribution is -2.33. The molecule has 2 unspecified atom stereocenters. The minimum atomic E-state index is -0.710. The summed E-state index contributed by atoms with van der Waals surface area (Å²) in [6, 6.07) is 1.77. The van der Waals surface area contributed by atoms with Crippen LogP contribution in [0.25, 0.3) is 0 Å². The number of aromatic nitrogens is 11. The number of hydrogen-bond donors (Lipinski definition) is 10. The molecule has 34 nitrogen and oxygen atoms in total. The van der Waals surface area contributed by atoms with Crippen molar-refractivity contribution in [2.24, 2.45) is 40.5 Å². The van der Waals surface area contributed by atoms with Crippen molar-refractivity contribution in [3.8, 4) is 0 Å². The highest BCUT2D eigenvalue weighted by Crippen LogP contribution is 2.25. The zero-order chi connectivity index (χ0) is 73.4. The number of aliphatic hydroxyl groups excluding tert-OH is 1. The summed E-state index contributed by atoms with van der Waals surface area (Å²) < 4.78 is 28.0. The molecule has 0 radical (unpaired) electrons. The van der Waals surface area contributed by atoms with Crippen LogP contribution in [0.3, 0.4) is 0 Å². The number of nitrogens with zero attached hydrogens (tertiary/aromatic N) is 7. The molecule has 2 saturated heterocycles. The predicted molar refractivity (Wildman–Crippen MR) is 355 cm³/mol. The van der Waals surface area contributed by atoms with Gasteiger partial charge in [-0.3, -0.25) is 49.8 Å². The van der Waals surface area contributed by atoms with Gasteiger partial charge in [-0.1, -0.05) is 150 Å². The second kappa shape index (κ2) is 46.7. The van der Waals surface area contributed by atoms with Crippen LogP contribution in [-0.2, 0) is 23.9 Å². The molecule has 10 N–H and O–H groups in total. The SMILES string of the molecule is CC(C)C.CC(C)C.CC(C)C1=C(O)C(=O)NC1=O.CC(C)C1=NC(=O)OC1.CC(C)C1NC(=O)NC1=O.CC(C)C1SC(=O)NC1=O.CC(C)c1nc(=S)o[nH]1.CC(C)c1ncn[nH]1.CC(C)c1nnco1.CC(C)n1oc(=O)[nH]c1=O.O=c1cc[nH]o1.O=c1cco[nH]1. The van der Waals surface area contributed by atoms with Gasteiger partial charge in [-0.25, -0.2) is 44.3 Å². The van der Waals surface area contributed by atoms with E-state index in [1.54, 1.807) is 27.7 Å². The average molecular weight is 1380 g/mol. The number of imide groups is 3. The van der Waals surface area contributed by atoms with E-state index in [0.717, 1.165) is 45.7 Å². The van der Waals surface area contributed by atoms with Crippen LogP contribution in [-0.4, -0.2) is 125 Å². The third kappa shape index (κ3) is 39.7. The first-order valence-electron chi connectivity index (χ1n) is 30.0. The van der Waals surface area contributed by atoms with E-state index in [0.29, 0.717) is 36.2 Å². The van der Waals surface area contributed by atoms with E-state index < -0.39 is 35.1 Å². The van der Waals surface area contributed by atoms with Crippen LogP contribution >= 0.6 is 24.0 Å². The van der Waals surface area contributed by atoms with Crippen LogP contribution in [0.2, 0.25) is 0 Å². The highest BCUT2D eigenvalue weighted by atomic mass is 32.2. The molecule has 0 aromatic carbocycles. The highest BCUT2D eigenvalue weighted by molar-refractivity contribution is 8.15. The van der Waals surface area contributed by atoms with Gasteiger partial charge in [0.15, 0.2) is 5.76 Å². The number of aliphatic hydroxyl groups is 1. The number of urea groups is 1. The fourth-order valence-electron chi connectivity index (χ4n) is 5.82. The summed E-state index contributed by atoms with van der Waals surface area (Å²) in [6.45, 7) is 44.1. The quantitative estimate of drug-likeness (QED) is 0.0385. The molecule has 532 valence electrons. The Morgan fingerprint density at radius 3 is 1.46 bits per heavy atom. The van der Waals surface area contributed by atoms with Crippen LogP contribution in [0.5, 0.6) is 0 Å². The van der Waals surface area contributed by atoms with Crippen LogP contribution in [0, 0.1) is 40.3 Å². The Morgan fingerprint density at radius 1 is 0.674 bits per heavy atom. The van der Waals surface area contributed by atoms with Gasteiger partial charge >= 0.3 is 34.0 Å². The lowest BCUT2D eigenvalue weighted by atomic mass is 10.0. The molecule has 95 heavy (non-hydrogen) atoms. The molecule has 4 aliphatic rings. The summed E-state index contributed by atoms with van der Waals surface area (Å²) in [5, 5.41) is 38.2. The van der Waals surface area contributed by atoms with Gasteiger partial charge in [0.05, 0.1) is 22.6 Å². The van der Waals surface area contributed by atoms with E-state index in [-0.39, 0.29) is 79.8 Å². The van der Waals surface area contributed by atoms with Crippen molar-refractivity contribution in [1.82, 2.24) is 76.8 Å². The van der Waals surface area contributed by atoms with Gasteiger partial charge in [-0.15, -0.1) is 14.9 Å². The molecule has 6 aromatic heterocycles. The van der Waals surface area contributed by atoms with Crippen molar-refractivity contribution >= 4 is 70.7 Å². The zero-order valence-corrected chi connectivity index (χ0v) is 59.6. The smallest absolute Gasteiger partial charge is 0.440 e. The van der Waals surface area contributed by atoms with Crippen molar-refractivity contribution in [3.05, 3.63) is 113 Å². The number of rotatable bonds is 8. The van der Waals surface area contributed by atoms with Crippen molar-refractivity contribution in [2.75, 3.05) is 6.61 Å². The molecule has 6 aromatic rings.